The van der Waals surface area contributed by atoms with Crippen LogP contribution in [0.3, 0.4) is 0 Å². The molecule has 3 nitrogen and oxygen atoms in total. The lowest BCUT2D eigenvalue weighted by Crippen LogP contribution is -2.31. The summed E-state index contributed by atoms with van der Waals surface area (Å²) in [6.45, 7) is 8.98. The number of rotatable bonds is 8. The molecule has 0 aliphatic carbocycles. The first-order chi connectivity index (χ1) is 11.5. The van der Waals surface area contributed by atoms with Gasteiger partial charge in [-0.25, -0.2) is 0 Å². The zero-order valence-corrected chi connectivity index (χ0v) is 16.2. The van der Waals surface area contributed by atoms with Crippen LogP contribution >= 0.6 is 15.9 Å². The van der Waals surface area contributed by atoms with Crippen molar-refractivity contribution in [1.29, 1.82) is 0 Å². The van der Waals surface area contributed by atoms with E-state index in [1.807, 2.05) is 55.5 Å². The molecule has 1 unspecified atom stereocenters. The quantitative estimate of drug-likeness (QED) is 0.672. The Bertz CT molecular complexity index is 636. The van der Waals surface area contributed by atoms with E-state index in [-0.39, 0.29) is 0 Å². The van der Waals surface area contributed by atoms with Gasteiger partial charge < -0.3 is 14.7 Å². The minimum Gasteiger partial charge on any atom is -0.457 e. The second kappa shape index (κ2) is 8.65. The van der Waals surface area contributed by atoms with Crippen LogP contribution in [0.4, 0.5) is 0 Å². The van der Waals surface area contributed by atoms with Gasteiger partial charge >= 0.3 is 0 Å². The normalized spacial score (nSPS) is 13.8. The largest absolute Gasteiger partial charge is 0.457 e. The molecule has 0 aliphatic heterocycles. The zero-order valence-electron chi connectivity index (χ0n) is 14.6. The molecule has 2 aromatic rings. The van der Waals surface area contributed by atoms with Crippen molar-refractivity contribution in [2.45, 2.75) is 32.8 Å². The van der Waals surface area contributed by atoms with E-state index >= 15 is 0 Å². The Hall–Kier alpha value is -1.36. The lowest BCUT2D eigenvalue weighted by molar-refractivity contribution is 0.0351. The van der Waals surface area contributed by atoms with Gasteiger partial charge in [0.05, 0.1) is 5.60 Å². The van der Waals surface area contributed by atoms with E-state index in [2.05, 4.69) is 34.7 Å². The topological polar surface area (TPSA) is 32.7 Å². The van der Waals surface area contributed by atoms with Gasteiger partial charge in [-0.1, -0.05) is 48.0 Å². The Morgan fingerprint density at radius 1 is 1.04 bits per heavy atom. The molecule has 1 atom stereocenters. The summed E-state index contributed by atoms with van der Waals surface area (Å²) < 4.78 is 7.02. The van der Waals surface area contributed by atoms with Crippen LogP contribution in [0.25, 0.3) is 0 Å². The molecule has 0 spiro atoms. The van der Waals surface area contributed by atoms with Crippen LogP contribution in [0.1, 0.15) is 32.8 Å². The number of hydrogen-bond acceptors (Lipinski definition) is 3. The number of para-hydroxylation sites is 1. The number of nitrogens with zero attached hydrogens (tertiary/aromatic N) is 1. The van der Waals surface area contributed by atoms with Crippen molar-refractivity contribution in [2.24, 2.45) is 0 Å². The fourth-order valence-electron chi connectivity index (χ4n) is 2.68. The molecule has 0 amide bonds. The van der Waals surface area contributed by atoms with E-state index in [1.54, 1.807) is 0 Å². The molecule has 0 radical (unpaired) electrons. The molecule has 4 heteroatoms. The predicted molar refractivity (Wildman–Crippen MR) is 103 cm³/mol. The summed E-state index contributed by atoms with van der Waals surface area (Å²) in [6, 6.07) is 15.4. The van der Waals surface area contributed by atoms with E-state index in [4.69, 9.17) is 4.74 Å². The number of halogens is 1. The Morgan fingerprint density at radius 2 is 1.67 bits per heavy atom. The first-order valence-electron chi connectivity index (χ1n) is 8.44. The third-order valence-electron chi connectivity index (χ3n) is 4.32. The Morgan fingerprint density at radius 3 is 2.29 bits per heavy atom. The Kier molecular flexibility index (Phi) is 6.84. The summed E-state index contributed by atoms with van der Waals surface area (Å²) >= 11 is 3.42. The highest BCUT2D eigenvalue weighted by molar-refractivity contribution is 9.10. The minimum atomic E-state index is -0.936. The minimum absolute atomic E-state index is 0.662. The van der Waals surface area contributed by atoms with Gasteiger partial charge in [-0.3, -0.25) is 0 Å². The van der Waals surface area contributed by atoms with Crippen molar-refractivity contribution in [3.05, 3.63) is 58.6 Å². The van der Waals surface area contributed by atoms with Crippen molar-refractivity contribution >= 4 is 15.9 Å². The van der Waals surface area contributed by atoms with Crippen LogP contribution in [-0.4, -0.2) is 29.6 Å². The summed E-state index contributed by atoms with van der Waals surface area (Å²) in [7, 11) is 0. The first kappa shape index (κ1) is 19.0. The third kappa shape index (κ3) is 5.07. The van der Waals surface area contributed by atoms with Crippen molar-refractivity contribution in [3.63, 3.8) is 0 Å². The van der Waals surface area contributed by atoms with Gasteiger partial charge in [0, 0.05) is 16.6 Å². The maximum Gasteiger partial charge on any atom is 0.133 e. The van der Waals surface area contributed by atoms with E-state index in [1.165, 1.54) is 0 Å². The van der Waals surface area contributed by atoms with Crippen LogP contribution < -0.4 is 4.74 Å². The molecule has 0 heterocycles. The maximum atomic E-state index is 11.0. The zero-order chi connectivity index (χ0) is 17.6. The second-order valence-corrected chi connectivity index (χ2v) is 7.02. The smallest absolute Gasteiger partial charge is 0.133 e. The van der Waals surface area contributed by atoms with Crippen LogP contribution in [0, 0.1) is 0 Å². The first-order valence-corrected chi connectivity index (χ1v) is 9.23. The number of aliphatic hydroxyl groups is 1. The molecule has 2 aromatic carbocycles. The SMILES string of the molecule is CCN(CC)CCC(C)(O)c1ccccc1Oc1ccc(Br)cc1. The summed E-state index contributed by atoms with van der Waals surface area (Å²) in [5.74, 6) is 1.45. The molecule has 24 heavy (non-hydrogen) atoms. The van der Waals surface area contributed by atoms with Gasteiger partial charge in [-0.15, -0.1) is 0 Å². The van der Waals surface area contributed by atoms with Crippen molar-refractivity contribution in [2.75, 3.05) is 19.6 Å². The van der Waals surface area contributed by atoms with E-state index in [0.29, 0.717) is 12.2 Å². The molecule has 0 fully saturated rings. The van der Waals surface area contributed by atoms with Gasteiger partial charge in [0.1, 0.15) is 11.5 Å². The summed E-state index contributed by atoms with van der Waals surface area (Å²) in [6.07, 6.45) is 0.662. The van der Waals surface area contributed by atoms with Crippen LogP contribution in [0.5, 0.6) is 11.5 Å². The van der Waals surface area contributed by atoms with Gasteiger partial charge in [0.15, 0.2) is 0 Å². The second-order valence-electron chi connectivity index (χ2n) is 6.10. The standard InChI is InChI=1S/C20H26BrNO2/c1-4-22(5-2)15-14-20(3,23)18-8-6-7-9-19(18)24-17-12-10-16(21)11-13-17/h6-13,23H,4-5,14-15H2,1-3H3. The van der Waals surface area contributed by atoms with Crippen LogP contribution in [0.2, 0.25) is 0 Å². The maximum absolute atomic E-state index is 11.0. The summed E-state index contributed by atoms with van der Waals surface area (Å²) in [4.78, 5) is 2.31. The van der Waals surface area contributed by atoms with Crippen LogP contribution in [0.15, 0.2) is 53.0 Å². The molecular weight excluding hydrogens is 366 g/mol. The van der Waals surface area contributed by atoms with Crippen molar-refractivity contribution in [1.82, 2.24) is 4.90 Å². The van der Waals surface area contributed by atoms with Crippen molar-refractivity contribution < 1.29 is 9.84 Å². The average Bonchev–Trinajstić information content (AvgIpc) is 2.58. The molecule has 1 N–H and O–H groups in total. The fourth-order valence-corrected chi connectivity index (χ4v) is 2.94. The lowest BCUT2D eigenvalue weighted by Gasteiger charge is -2.29. The van der Waals surface area contributed by atoms with E-state index in [9.17, 15) is 5.11 Å². The molecule has 130 valence electrons. The summed E-state index contributed by atoms with van der Waals surface area (Å²) in [5, 5.41) is 11.0. The van der Waals surface area contributed by atoms with Crippen molar-refractivity contribution in [3.8, 4) is 11.5 Å². The van der Waals surface area contributed by atoms with E-state index in [0.717, 1.165) is 35.4 Å². The van der Waals surface area contributed by atoms with Gasteiger partial charge in [0.25, 0.3) is 0 Å². The number of hydrogen-bond donors (Lipinski definition) is 1. The highest BCUT2D eigenvalue weighted by Gasteiger charge is 2.27. The Balaban J connectivity index is 2.18. The molecular formula is C20H26BrNO2. The summed E-state index contributed by atoms with van der Waals surface area (Å²) in [5.41, 5.74) is -0.116. The highest BCUT2D eigenvalue weighted by atomic mass is 79.9. The average molecular weight is 392 g/mol. The number of benzene rings is 2. The molecule has 0 aliphatic rings. The monoisotopic (exact) mass is 391 g/mol. The fraction of sp³-hybridized carbons (Fsp3) is 0.400. The van der Waals surface area contributed by atoms with Gasteiger partial charge in [0.2, 0.25) is 0 Å². The lowest BCUT2D eigenvalue weighted by atomic mass is 9.91. The molecule has 0 saturated carbocycles. The van der Waals surface area contributed by atoms with Gasteiger partial charge in [-0.2, -0.15) is 0 Å². The highest BCUT2D eigenvalue weighted by Crippen LogP contribution is 2.35. The van der Waals surface area contributed by atoms with E-state index < -0.39 is 5.60 Å². The van der Waals surface area contributed by atoms with Gasteiger partial charge in [-0.05, 0) is 56.8 Å². The Labute approximate surface area is 153 Å². The number of ether oxygens (including phenoxy) is 1. The molecule has 0 saturated heterocycles. The molecule has 0 aromatic heterocycles. The molecule has 2 rings (SSSR count). The predicted octanol–water partition coefficient (Wildman–Crippen LogP) is 5.18. The molecule has 0 bridgehead atoms. The third-order valence-corrected chi connectivity index (χ3v) is 4.85. The van der Waals surface area contributed by atoms with Crippen LogP contribution in [-0.2, 0) is 5.60 Å².